The van der Waals surface area contributed by atoms with Crippen molar-refractivity contribution in [3.05, 3.63) is 106 Å². The van der Waals surface area contributed by atoms with E-state index < -0.39 is 42.0 Å². The van der Waals surface area contributed by atoms with Gasteiger partial charge >= 0.3 is 6.09 Å². The first kappa shape index (κ1) is 29.1. The average molecular weight is 570 g/mol. The number of aliphatic hydroxyl groups excluding tert-OH is 1. The number of aryl methyl sites for hydroxylation is 1. The van der Waals surface area contributed by atoms with Crippen molar-refractivity contribution in [2.45, 2.75) is 70.5 Å². The van der Waals surface area contributed by atoms with Crippen molar-refractivity contribution in [3.8, 4) is 0 Å². The molecule has 0 bridgehead atoms. The molecule has 1 N–H and O–H groups in total. The largest absolute Gasteiger partial charge is 0.443 e. The number of carbonyl (C=O) groups excluding carboxylic acids is 2. The lowest BCUT2D eigenvalue weighted by Crippen LogP contribution is -2.45. The van der Waals surface area contributed by atoms with Crippen LogP contribution in [0.3, 0.4) is 0 Å². The van der Waals surface area contributed by atoms with Gasteiger partial charge in [-0.25, -0.2) is 9.69 Å². The van der Waals surface area contributed by atoms with E-state index in [1.165, 1.54) is 0 Å². The molecule has 0 radical (unpaired) electrons. The van der Waals surface area contributed by atoms with Gasteiger partial charge in [-0.3, -0.25) is 9.69 Å². The molecule has 0 aromatic heterocycles. The van der Waals surface area contributed by atoms with Gasteiger partial charge in [0.1, 0.15) is 17.8 Å². The Kier molecular flexibility index (Phi) is 9.02. The quantitative estimate of drug-likeness (QED) is 0.326. The molecule has 1 fully saturated rings. The summed E-state index contributed by atoms with van der Waals surface area (Å²) in [4.78, 5) is 30.7. The Morgan fingerprint density at radius 2 is 1.51 bits per heavy atom. The third kappa shape index (κ3) is 6.47. The SMILES string of the molecule is C[C@@H](c1ccccc1)N1[C@H](c2c(Cl)cccc2Cl)N(C(=O)OC(C)(C)C)C(=O)[C@H]1[C@@H](O)CCc1ccccc1. The Morgan fingerprint density at radius 3 is 2.08 bits per heavy atom. The van der Waals surface area contributed by atoms with E-state index in [9.17, 15) is 14.7 Å². The van der Waals surface area contributed by atoms with Gasteiger partial charge in [0.15, 0.2) is 0 Å². The summed E-state index contributed by atoms with van der Waals surface area (Å²) in [7, 11) is 0. The number of nitrogens with zero attached hydrogens (tertiary/aromatic N) is 2. The summed E-state index contributed by atoms with van der Waals surface area (Å²) in [6.07, 6.45) is -2.04. The summed E-state index contributed by atoms with van der Waals surface area (Å²) < 4.78 is 5.69. The number of hydrogen-bond acceptors (Lipinski definition) is 5. The van der Waals surface area contributed by atoms with E-state index in [2.05, 4.69) is 0 Å². The van der Waals surface area contributed by atoms with Crippen molar-refractivity contribution in [3.63, 3.8) is 0 Å². The van der Waals surface area contributed by atoms with Crippen molar-refractivity contribution < 1.29 is 19.4 Å². The van der Waals surface area contributed by atoms with Crippen LogP contribution in [0.15, 0.2) is 78.9 Å². The zero-order valence-electron chi connectivity index (χ0n) is 22.6. The van der Waals surface area contributed by atoms with E-state index in [-0.39, 0.29) is 0 Å². The Labute approximate surface area is 240 Å². The minimum Gasteiger partial charge on any atom is -0.443 e. The van der Waals surface area contributed by atoms with Crippen LogP contribution >= 0.6 is 23.2 Å². The maximum atomic E-state index is 14.2. The minimum atomic E-state index is -1.08. The van der Waals surface area contributed by atoms with Crippen molar-refractivity contribution in [1.29, 1.82) is 0 Å². The van der Waals surface area contributed by atoms with Crippen LogP contribution < -0.4 is 0 Å². The number of carbonyl (C=O) groups is 2. The van der Waals surface area contributed by atoms with Crippen LogP contribution in [-0.2, 0) is 16.0 Å². The van der Waals surface area contributed by atoms with Crippen LogP contribution in [-0.4, -0.2) is 44.7 Å². The van der Waals surface area contributed by atoms with Crippen molar-refractivity contribution in [2.75, 3.05) is 0 Å². The second-order valence-electron chi connectivity index (χ2n) is 10.8. The minimum absolute atomic E-state index is 0.304. The zero-order chi connectivity index (χ0) is 28.3. The van der Waals surface area contributed by atoms with Gasteiger partial charge in [-0.15, -0.1) is 0 Å². The lowest BCUT2D eigenvalue weighted by molar-refractivity contribution is -0.131. The van der Waals surface area contributed by atoms with E-state index >= 15 is 0 Å². The standard InChI is InChI=1S/C31H34Cl2N2O4/c1-20(22-14-9-6-10-15-22)34-27(25(36)19-18-21-12-7-5-8-13-21)29(37)35(30(38)39-31(2,3)4)28(34)26-23(32)16-11-17-24(26)33/h5-17,20,25,27-28,36H,18-19H2,1-4H3/t20-,25-,27+,28-/m0/s1. The third-order valence-electron chi connectivity index (χ3n) is 6.85. The van der Waals surface area contributed by atoms with Gasteiger partial charge in [-0.1, -0.05) is 89.9 Å². The van der Waals surface area contributed by atoms with Gasteiger partial charge in [0.2, 0.25) is 0 Å². The number of hydrogen-bond donors (Lipinski definition) is 1. The number of benzene rings is 3. The fourth-order valence-corrected chi connectivity index (χ4v) is 5.64. The van der Waals surface area contributed by atoms with Crippen molar-refractivity contribution >= 4 is 35.2 Å². The fraction of sp³-hybridized carbons (Fsp3) is 0.355. The molecular weight excluding hydrogens is 535 g/mol. The highest BCUT2D eigenvalue weighted by Crippen LogP contribution is 2.47. The van der Waals surface area contributed by atoms with Crippen molar-refractivity contribution in [2.24, 2.45) is 0 Å². The molecule has 3 aromatic carbocycles. The maximum absolute atomic E-state index is 14.2. The first-order chi connectivity index (χ1) is 18.5. The highest BCUT2D eigenvalue weighted by atomic mass is 35.5. The summed E-state index contributed by atoms with van der Waals surface area (Å²) in [6, 6.07) is 23.0. The average Bonchev–Trinajstić information content (AvgIpc) is 3.19. The highest BCUT2D eigenvalue weighted by Gasteiger charge is 2.55. The molecule has 2 amide bonds. The van der Waals surface area contributed by atoms with E-state index in [1.807, 2.05) is 72.5 Å². The van der Waals surface area contributed by atoms with Crippen LogP contribution in [0.5, 0.6) is 0 Å². The van der Waals surface area contributed by atoms with Crippen molar-refractivity contribution in [1.82, 2.24) is 9.80 Å². The maximum Gasteiger partial charge on any atom is 0.418 e. The van der Waals surface area contributed by atoms with Crippen LogP contribution in [0.25, 0.3) is 0 Å². The molecule has 4 atom stereocenters. The van der Waals surface area contributed by atoms with E-state index in [4.69, 9.17) is 27.9 Å². The summed E-state index contributed by atoms with van der Waals surface area (Å²) >= 11 is 13.4. The number of halogens is 2. The van der Waals surface area contributed by atoms with E-state index in [0.717, 1.165) is 16.0 Å². The highest BCUT2D eigenvalue weighted by molar-refractivity contribution is 6.36. The molecule has 8 heteroatoms. The van der Waals surface area contributed by atoms with Crippen LogP contribution in [0.4, 0.5) is 4.79 Å². The molecule has 0 unspecified atom stereocenters. The van der Waals surface area contributed by atoms with Gasteiger partial charge < -0.3 is 9.84 Å². The Morgan fingerprint density at radius 1 is 0.949 bits per heavy atom. The second kappa shape index (κ2) is 12.1. The fourth-order valence-electron chi connectivity index (χ4n) is 5.05. The van der Waals surface area contributed by atoms with Crippen LogP contribution in [0, 0.1) is 0 Å². The normalized spacial score (nSPS) is 19.7. The van der Waals surface area contributed by atoms with Crippen LogP contribution in [0.1, 0.15) is 63.0 Å². The first-order valence-corrected chi connectivity index (χ1v) is 13.8. The number of aliphatic hydroxyl groups is 1. The molecule has 1 aliphatic rings. The molecule has 0 saturated carbocycles. The summed E-state index contributed by atoms with van der Waals surface area (Å²) in [5.41, 5.74) is 1.50. The smallest absolute Gasteiger partial charge is 0.418 e. The molecule has 1 heterocycles. The predicted molar refractivity (Wildman–Crippen MR) is 154 cm³/mol. The predicted octanol–water partition coefficient (Wildman–Crippen LogP) is 7.19. The van der Waals surface area contributed by atoms with Gasteiger partial charge in [0, 0.05) is 21.7 Å². The molecule has 6 nitrogen and oxygen atoms in total. The summed E-state index contributed by atoms with van der Waals surface area (Å²) in [5, 5.41) is 12.2. The Bertz CT molecular complexity index is 1280. The number of ether oxygens (including phenoxy) is 1. The molecule has 1 saturated heterocycles. The van der Waals surface area contributed by atoms with E-state index in [1.54, 1.807) is 39.0 Å². The van der Waals surface area contributed by atoms with E-state index in [0.29, 0.717) is 28.5 Å². The zero-order valence-corrected chi connectivity index (χ0v) is 24.1. The second-order valence-corrected chi connectivity index (χ2v) is 11.6. The molecule has 0 aliphatic carbocycles. The van der Waals surface area contributed by atoms with Crippen LogP contribution in [0.2, 0.25) is 10.0 Å². The number of rotatable bonds is 7. The molecule has 3 aromatic rings. The first-order valence-electron chi connectivity index (χ1n) is 13.0. The number of amides is 2. The summed E-state index contributed by atoms with van der Waals surface area (Å²) in [5.74, 6) is -0.562. The lowest BCUT2D eigenvalue weighted by atomic mass is 9.97. The monoisotopic (exact) mass is 568 g/mol. The molecule has 39 heavy (non-hydrogen) atoms. The topological polar surface area (TPSA) is 70.1 Å². The van der Waals surface area contributed by atoms with Gasteiger partial charge in [-0.05, 0) is 63.8 Å². The molecule has 1 aliphatic heterocycles. The van der Waals surface area contributed by atoms with Gasteiger partial charge in [-0.2, -0.15) is 0 Å². The van der Waals surface area contributed by atoms with Gasteiger partial charge in [0.25, 0.3) is 5.91 Å². The molecule has 206 valence electrons. The Balaban J connectivity index is 1.84. The third-order valence-corrected chi connectivity index (χ3v) is 7.51. The molecule has 0 spiro atoms. The molecular formula is C31H34Cl2N2O4. The van der Waals surface area contributed by atoms with Gasteiger partial charge in [0.05, 0.1) is 6.10 Å². The molecule has 4 rings (SSSR count). The summed E-state index contributed by atoms with van der Waals surface area (Å²) in [6.45, 7) is 7.15. The lowest BCUT2D eigenvalue weighted by Gasteiger charge is -2.37. The number of imide groups is 1. The Hall–Kier alpha value is -2.90.